The number of nitrogens with zero attached hydrogens (tertiary/aromatic N) is 2. The lowest BCUT2D eigenvalue weighted by molar-refractivity contribution is 0.0789. The van der Waals surface area contributed by atoms with Crippen LogP contribution in [0.1, 0.15) is 27.0 Å². The summed E-state index contributed by atoms with van der Waals surface area (Å²) in [4.78, 5) is 15.2. The fraction of sp³-hybridized carbons (Fsp3) is 0.125. The van der Waals surface area contributed by atoms with Crippen LogP contribution in [-0.4, -0.2) is 28.1 Å². The monoisotopic (exact) mass is 313 g/mol. The largest absolute Gasteiger partial charge is 0.328 e. The molecule has 1 N–H and O–H groups in total. The van der Waals surface area contributed by atoms with E-state index in [1.165, 1.54) is 12.1 Å². The molecule has 1 unspecified atom stereocenters. The lowest BCUT2D eigenvalue weighted by Crippen LogP contribution is -2.24. The number of fused-ring (bicyclic) bond motifs is 1. The number of carbonyl (C=O) groups is 1. The van der Waals surface area contributed by atoms with Crippen molar-refractivity contribution in [1.29, 1.82) is 0 Å². The normalized spacial score (nSPS) is 17.1. The highest BCUT2D eigenvalue weighted by atomic mass is 32.1. The Morgan fingerprint density at radius 1 is 1.27 bits per heavy atom. The molecule has 4 rings (SSSR count). The first-order valence-corrected chi connectivity index (χ1v) is 7.69. The fourth-order valence-electron chi connectivity index (χ4n) is 2.87. The van der Waals surface area contributed by atoms with Gasteiger partial charge in [-0.15, -0.1) is 11.3 Å². The second kappa shape index (κ2) is 4.78. The van der Waals surface area contributed by atoms with Crippen LogP contribution in [0.5, 0.6) is 0 Å². The van der Waals surface area contributed by atoms with Crippen molar-refractivity contribution in [3.8, 4) is 11.3 Å². The maximum atomic E-state index is 13.1. The van der Waals surface area contributed by atoms with Gasteiger partial charge in [0.1, 0.15) is 11.5 Å². The molecule has 0 fully saturated rings. The molecule has 6 heteroatoms. The highest BCUT2D eigenvalue weighted by Crippen LogP contribution is 2.43. The number of thiophene rings is 1. The molecular formula is C16H12FN3OS. The van der Waals surface area contributed by atoms with E-state index in [4.69, 9.17) is 0 Å². The first-order chi connectivity index (χ1) is 10.7. The maximum Gasteiger partial charge on any atom is 0.272 e. The van der Waals surface area contributed by atoms with Crippen molar-refractivity contribution < 1.29 is 9.18 Å². The van der Waals surface area contributed by atoms with Crippen LogP contribution in [0.4, 0.5) is 4.39 Å². The molecule has 0 radical (unpaired) electrons. The SMILES string of the molecule is CN1C(=O)c2[nH]nc(-c3ccc(F)cc3)c2C1c1cccs1. The van der Waals surface area contributed by atoms with E-state index in [2.05, 4.69) is 10.2 Å². The molecule has 1 aliphatic heterocycles. The zero-order valence-corrected chi connectivity index (χ0v) is 12.5. The number of amides is 1. The van der Waals surface area contributed by atoms with Gasteiger partial charge in [-0.1, -0.05) is 6.07 Å². The molecule has 3 aromatic rings. The molecule has 0 saturated heterocycles. The number of hydrogen-bond donors (Lipinski definition) is 1. The third-order valence-electron chi connectivity index (χ3n) is 3.93. The Morgan fingerprint density at radius 2 is 2.05 bits per heavy atom. The molecule has 110 valence electrons. The molecular weight excluding hydrogens is 301 g/mol. The third kappa shape index (κ3) is 1.80. The van der Waals surface area contributed by atoms with Crippen LogP contribution >= 0.6 is 11.3 Å². The van der Waals surface area contributed by atoms with Gasteiger partial charge in [-0.05, 0) is 35.7 Å². The van der Waals surface area contributed by atoms with Crippen molar-refractivity contribution in [1.82, 2.24) is 15.1 Å². The van der Waals surface area contributed by atoms with Crippen molar-refractivity contribution >= 4 is 17.2 Å². The Balaban J connectivity index is 1.90. The second-order valence-corrected chi connectivity index (χ2v) is 6.18. The van der Waals surface area contributed by atoms with Crippen molar-refractivity contribution in [2.45, 2.75) is 6.04 Å². The highest BCUT2D eigenvalue weighted by Gasteiger charge is 2.40. The van der Waals surface area contributed by atoms with Crippen molar-refractivity contribution in [3.05, 3.63) is 63.7 Å². The molecule has 22 heavy (non-hydrogen) atoms. The van der Waals surface area contributed by atoms with Gasteiger partial charge in [0.25, 0.3) is 5.91 Å². The van der Waals surface area contributed by atoms with Gasteiger partial charge >= 0.3 is 0 Å². The molecule has 1 amide bonds. The van der Waals surface area contributed by atoms with Crippen LogP contribution in [0.2, 0.25) is 0 Å². The molecule has 0 bridgehead atoms. The second-order valence-electron chi connectivity index (χ2n) is 5.20. The summed E-state index contributed by atoms with van der Waals surface area (Å²) in [5.74, 6) is -0.367. The highest BCUT2D eigenvalue weighted by molar-refractivity contribution is 7.10. The lowest BCUT2D eigenvalue weighted by Gasteiger charge is -2.20. The summed E-state index contributed by atoms with van der Waals surface area (Å²) in [6, 6.07) is 9.99. The number of rotatable bonds is 2. The van der Waals surface area contributed by atoms with Crippen LogP contribution in [0.15, 0.2) is 41.8 Å². The quantitative estimate of drug-likeness (QED) is 0.788. The van der Waals surface area contributed by atoms with E-state index in [0.717, 1.165) is 16.0 Å². The summed E-state index contributed by atoms with van der Waals surface area (Å²) in [6.07, 6.45) is 0. The topological polar surface area (TPSA) is 49.0 Å². The van der Waals surface area contributed by atoms with E-state index in [1.54, 1.807) is 35.4 Å². The van der Waals surface area contributed by atoms with Crippen molar-refractivity contribution in [2.75, 3.05) is 7.05 Å². The van der Waals surface area contributed by atoms with Crippen LogP contribution in [0.3, 0.4) is 0 Å². The average molecular weight is 313 g/mol. The molecule has 0 aliphatic carbocycles. The van der Waals surface area contributed by atoms with E-state index in [9.17, 15) is 9.18 Å². The minimum Gasteiger partial charge on any atom is -0.328 e. The Morgan fingerprint density at radius 3 is 2.73 bits per heavy atom. The zero-order chi connectivity index (χ0) is 15.3. The number of aromatic amines is 1. The Labute approximate surface area is 130 Å². The predicted molar refractivity (Wildman–Crippen MR) is 82.2 cm³/mol. The number of H-pyrrole nitrogens is 1. The van der Waals surface area contributed by atoms with Gasteiger partial charge in [-0.25, -0.2) is 4.39 Å². The summed E-state index contributed by atoms with van der Waals surface area (Å²) >= 11 is 1.60. The molecule has 1 aliphatic rings. The minimum atomic E-state index is -0.293. The number of aromatic nitrogens is 2. The van der Waals surface area contributed by atoms with E-state index in [1.807, 2.05) is 17.5 Å². The van der Waals surface area contributed by atoms with E-state index in [-0.39, 0.29) is 17.8 Å². The predicted octanol–water partition coefficient (Wildman–Crippen LogP) is 3.45. The van der Waals surface area contributed by atoms with Gasteiger partial charge in [-0.3, -0.25) is 9.89 Å². The summed E-state index contributed by atoms with van der Waals surface area (Å²) in [5, 5.41) is 9.12. The molecule has 0 spiro atoms. The Hall–Kier alpha value is -2.47. The van der Waals surface area contributed by atoms with E-state index < -0.39 is 0 Å². The smallest absolute Gasteiger partial charge is 0.272 e. The fourth-order valence-corrected chi connectivity index (χ4v) is 3.75. The number of halogens is 1. The number of benzene rings is 1. The van der Waals surface area contributed by atoms with Crippen molar-refractivity contribution in [3.63, 3.8) is 0 Å². The minimum absolute atomic E-state index is 0.0748. The van der Waals surface area contributed by atoms with E-state index >= 15 is 0 Å². The molecule has 4 nitrogen and oxygen atoms in total. The first-order valence-electron chi connectivity index (χ1n) is 6.81. The summed E-state index contributed by atoms with van der Waals surface area (Å²) in [7, 11) is 1.79. The average Bonchev–Trinajstić information content (AvgIpc) is 3.21. The summed E-state index contributed by atoms with van der Waals surface area (Å²) < 4.78 is 13.1. The van der Waals surface area contributed by atoms with Crippen LogP contribution < -0.4 is 0 Å². The van der Waals surface area contributed by atoms with Gasteiger partial charge in [0.05, 0.1) is 11.7 Å². The number of hydrogen-bond acceptors (Lipinski definition) is 3. The number of carbonyl (C=O) groups excluding carboxylic acids is 1. The van der Waals surface area contributed by atoms with Crippen LogP contribution in [0.25, 0.3) is 11.3 Å². The van der Waals surface area contributed by atoms with Crippen LogP contribution in [0, 0.1) is 5.82 Å². The first kappa shape index (κ1) is 13.2. The number of nitrogens with one attached hydrogen (secondary N) is 1. The Kier molecular flexibility index (Phi) is 2.87. The maximum absolute atomic E-state index is 13.1. The molecule has 2 aromatic heterocycles. The van der Waals surface area contributed by atoms with Gasteiger partial charge in [0, 0.05) is 23.1 Å². The van der Waals surface area contributed by atoms with E-state index in [0.29, 0.717) is 11.4 Å². The zero-order valence-electron chi connectivity index (χ0n) is 11.7. The molecule has 1 atom stereocenters. The molecule has 1 aromatic carbocycles. The van der Waals surface area contributed by atoms with Crippen LogP contribution in [-0.2, 0) is 0 Å². The van der Waals surface area contributed by atoms with Gasteiger partial charge in [-0.2, -0.15) is 5.10 Å². The molecule has 0 saturated carbocycles. The lowest BCUT2D eigenvalue weighted by atomic mass is 10.0. The van der Waals surface area contributed by atoms with Crippen molar-refractivity contribution in [2.24, 2.45) is 0 Å². The molecule has 3 heterocycles. The van der Waals surface area contributed by atoms with Gasteiger partial charge in [0.2, 0.25) is 0 Å². The van der Waals surface area contributed by atoms with Gasteiger partial charge < -0.3 is 4.90 Å². The standard InChI is InChI=1S/C16H12FN3OS/c1-20-15(11-3-2-8-22-11)12-13(18-19-14(12)16(20)21)9-4-6-10(17)7-5-9/h2-8,15H,1H3,(H,18,19). The Bertz CT molecular complexity index is 839. The summed E-state index contributed by atoms with van der Waals surface area (Å²) in [5.41, 5.74) is 2.87. The van der Waals surface area contributed by atoms with Gasteiger partial charge in [0.15, 0.2) is 0 Å². The third-order valence-corrected chi connectivity index (χ3v) is 4.85. The summed E-state index contributed by atoms with van der Waals surface area (Å²) in [6.45, 7) is 0.